The van der Waals surface area contributed by atoms with Crippen molar-refractivity contribution in [2.45, 2.75) is 13.8 Å². The van der Waals surface area contributed by atoms with Gasteiger partial charge in [0.1, 0.15) is 6.07 Å². The topological polar surface area (TPSA) is 56.0 Å². The van der Waals surface area contributed by atoms with E-state index in [9.17, 15) is 0 Å². The van der Waals surface area contributed by atoms with Crippen molar-refractivity contribution < 1.29 is 5.11 Å². The van der Waals surface area contributed by atoms with Crippen LogP contribution in [-0.2, 0) is 0 Å². The molecule has 1 aromatic rings. The molecule has 3 nitrogen and oxygen atoms in total. The molecule has 0 saturated heterocycles. The lowest BCUT2D eigenvalue weighted by atomic mass is 9.95. The second-order valence-corrected chi connectivity index (χ2v) is 4.33. The molecule has 80 valence electrons. The van der Waals surface area contributed by atoms with Crippen molar-refractivity contribution in [1.29, 1.82) is 5.26 Å². The smallest absolute Gasteiger partial charge is 0.101 e. The van der Waals surface area contributed by atoms with Crippen LogP contribution in [0.15, 0.2) is 24.3 Å². The number of nitrogens with one attached hydrogen (secondary N) is 1. The van der Waals surface area contributed by atoms with E-state index in [0.717, 1.165) is 5.69 Å². The Balaban J connectivity index is 2.70. The third-order valence-electron chi connectivity index (χ3n) is 2.23. The van der Waals surface area contributed by atoms with Crippen molar-refractivity contribution in [3.8, 4) is 6.07 Å². The van der Waals surface area contributed by atoms with E-state index in [2.05, 4.69) is 11.4 Å². The number of para-hydroxylation sites is 1. The van der Waals surface area contributed by atoms with E-state index >= 15 is 0 Å². The van der Waals surface area contributed by atoms with Gasteiger partial charge in [-0.15, -0.1) is 0 Å². The number of hydrogen-bond acceptors (Lipinski definition) is 3. The van der Waals surface area contributed by atoms with E-state index in [1.807, 2.05) is 32.0 Å². The Kier molecular flexibility index (Phi) is 3.70. The van der Waals surface area contributed by atoms with Crippen LogP contribution < -0.4 is 5.32 Å². The SMILES string of the molecule is CC(C)(CO)CNc1ccccc1C#N. The standard InChI is InChI=1S/C12H16N2O/c1-12(2,9-15)8-14-11-6-4-3-5-10(11)7-13/h3-6,14-15H,8-9H2,1-2H3. The summed E-state index contributed by atoms with van der Waals surface area (Å²) in [6.45, 7) is 4.70. The van der Waals surface area contributed by atoms with Gasteiger partial charge in [-0.1, -0.05) is 26.0 Å². The molecular weight excluding hydrogens is 188 g/mol. The average Bonchev–Trinajstić information content (AvgIpc) is 2.27. The fourth-order valence-corrected chi connectivity index (χ4v) is 1.13. The van der Waals surface area contributed by atoms with Gasteiger partial charge in [-0.2, -0.15) is 5.26 Å². The number of aliphatic hydroxyl groups excluding tert-OH is 1. The number of nitrogens with zero attached hydrogens (tertiary/aromatic N) is 1. The van der Waals surface area contributed by atoms with E-state index in [-0.39, 0.29) is 12.0 Å². The molecule has 0 aliphatic heterocycles. The molecule has 0 aliphatic rings. The first-order valence-electron chi connectivity index (χ1n) is 4.93. The number of hydrogen-bond donors (Lipinski definition) is 2. The quantitative estimate of drug-likeness (QED) is 0.788. The van der Waals surface area contributed by atoms with E-state index in [0.29, 0.717) is 12.1 Å². The Bertz CT molecular complexity index is 366. The second-order valence-electron chi connectivity index (χ2n) is 4.33. The highest BCUT2D eigenvalue weighted by molar-refractivity contribution is 5.57. The molecule has 0 aliphatic carbocycles. The third-order valence-corrected chi connectivity index (χ3v) is 2.23. The van der Waals surface area contributed by atoms with Crippen LogP contribution in [0, 0.1) is 16.7 Å². The lowest BCUT2D eigenvalue weighted by Gasteiger charge is -2.22. The van der Waals surface area contributed by atoms with Gasteiger partial charge in [0.2, 0.25) is 0 Å². The first kappa shape index (κ1) is 11.5. The minimum absolute atomic E-state index is 0.120. The summed E-state index contributed by atoms with van der Waals surface area (Å²) in [7, 11) is 0. The van der Waals surface area contributed by atoms with Gasteiger partial charge in [0.15, 0.2) is 0 Å². The van der Waals surface area contributed by atoms with E-state index in [1.54, 1.807) is 6.07 Å². The van der Waals surface area contributed by atoms with Crippen LogP contribution >= 0.6 is 0 Å². The van der Waals surface area contributed by atoms with Gasteiger partial charge in [0, 0.05) is 18.6 Å². The molecule has 2 N–H and O–H groups in total. The fraction of sp³-hybridized carbons (Fsp3) is 0.417. The number of anilines is 1. The predicted molar refractivity (Wildman–Crippen MR) is 60.5 cm³/mol. The Morgan fingerprint density at radius 3 is 2.67 bits per heavy atom. The minimum Gasteiger partial charge on any atom is -0.396 e. The molecule has 0 spiro atoms. The van der Waals surface area contributed by atoms with Crippen molar-refractivity contribution in [2.75, 3.05) is 18.5 Å². The summed E-state index contributed by atoms with van der Waals surface area (Å²) in [5, 5.41) is 21.1. The molecule has 0 heterocycles. The van der Waals surface area contributed by atoms with Crippen molar-refractivity contribution in [1.82, 2.24) is 0 Å². The van der Waals surface area contributed by atoms with E-state index in [1.165, 1.54) is 0 Å². The van der Waals surface area contributed by atoms with Crippen LogP contribution in [0.1, 0.15) is 19.4 Å². The lowest BCUT2D eigenvalue weighted by molar-refractivity contribution is 0.171. The summed E-state index contributed by atoms with van der Waals surface area (Å²) in [5.74, 6) is 0. The Morgan fingerprint density at radius 2 is 2.07 bits per heavy atom. The van der Waals surface area contributed by atoms with E-state index in [4.69, 9.17) is 10.4 Å². The molecule has 15 heavy (non-hydrogen) atoms. The van der Waals surface area contributed by atoms with Crippen molar-refractivity contribution in [3.05, 3.63) is 29.8 Å². The predicted octanol–water partition coefficient (Wildman–Crippen LogP) is 1.99. The van der Waals surface area contributed by atoms with Crippen LogP contribution in [0.3, 0.4) is 0 Å². The van der Waals surface area contributed by atoms with Crippen LogP contribution in [0.25, 0.3) is 0 Å². The van der Waals surface area contributed by atoms with Crippen molar-refractivity contribution in [3.63, 3.8) is 0 Å². The van der Waals surface area contributed by atoms with Crippen molar-refractivity contribution >= 4 is 5.69 Å². The molecular formula is C12H16N2O. The molecule has 0 amide bonds. The zero-order chi connectivity index (χ0) is 11.3. The molecule has 0 radical (unpaired) electrons. The van der Waals surface area contributed by atoms with Gasteiger partial charge >= 0.3 is 0 Å². The van der Waals surface area contributed by atoms with Gasteiger partial charge in [-0.3, -0.25) is 0 Å². The highest BCUT2D eigenvalue weighted by Gasteiger charge is 2.16. The molecule has 0 fully saturated rings. The summed E-state index contributed by atoms with van der Waals surface area (Å²) in [6.07, 6.45) is 0. The highest BCUT2D eigenvalue weighted by Crippen LogP contribution is 2.18. The summed E-state index contributed by atoms with van der Waals surface area (Å²) in [4.78, 5) is 0. The molecule has 0 bridgehead atoms. The normalized spacial score (nSPS) is 10.8. The Hall–Kier alpha value is -1.53. The average molecular weight is 204 g/mol. The lowest BCUT2D eigenvalue weighted by Crippen LogP contribution is -2.27. The highest BCUT2D eigenvalue weighted by atomic mass is 16.3. The van der Waals surface area contributed by atoms with Crippen LogP contribution in [0.2, 0.25) is 0 Å². The van der Waals surface area contributed by atoms with Crippen LogP contribution in [-0.4, -0.2) is 18.3 Å². The summed E-state index contributed by atoms with van der Waals surface area (Å²) >= 11 is 0. The van der Waals surface area contributed by atoms with Crippen LogP contribution in [0.4, 0.5) is 5.69 Å². The maximum absolute atomic E-state index is 9.09. The fourth-order valence-electron chi connectivity index (χ4n) is 1.13. The zero-order valence-corrected chi connectivity index (χ0v) is 9.12. The van der Waals surface area contributed by atoms with Gasteiger partial charge < -0.3 is 10.4 Å². The summed E-state index contributed by atoms with van der Waals surface area (Å²) in [5.41, 5.74) is 1.27. The Morgan fingerprint density at radius 1 is 1.40 bits per heavy atom. The maximum atomic E-state index is 9.09. The first-order valence-corrected chi connectivity index (χ1v) is 4.93. The molecule has 0 unspecified atom stereocenters. The number of nitriles is 1. The monoisotopic (exact) mass is 204 g/mol. The largest absolute Gasteiger partial charge is 0.396 e. The van der Waals surface area contributed by atoms with Crippen molar-refractivity contribution in [2.24, 2.45) is 5.41 Å². The molecule has 0 saturated carbocycles. The minimum atomic E-state index is -0.178. The summed E-state index contributed by atoms with van der Waals surface area (Å²) in [6, 6.07) is 9.48. The zero-order valence-electron chi connectivity index (χ0n) is 9.12. The molecule has 0 atom stereocenters. The van der Waals surface area contributed by atoms with Gasteiger partial charge in [-0.25, -0.2) is 0 Å². The number of benzene rings is 1. The molecule has 1 aromatic carbocycles. The van der Waals surface area contributed by atoms with E-state index < -0.39 is 0 Å². The molecule has 0 aromatic heterocycles. The molecule has 1 rings (SSSR count). The van der Waals surface area contributed by atoms with Gasteiger partial charge in [-0.05, 0) is 12.1 Å². The first-order chi connectivity index (χ1) is 7.09. The van der Waals surface area contributed by atoms with Gasteiger partial charge in [0.25, 0.3) is 0 Å². The van der Waals surface area contributed by atoms with Crippen LogP contribution in [0.5, 0.6) is 0 Å². The third kappa shape index (κ3) is 3.26. The maximum Gasteiger partial charge on any atom is 0.101 e. The van der Waals surface area contributed by atoms with Gasteiger partial charge in [0.05, 0.1) is 11.3 Å². The summed E-state index contributed by atoms with van der Waals surface area (Å²) < 4.78 is 0. The number of aliphatic hydroxyl groups is 1. The second kappa shape index (κ2) is 4.81. The number of rotatable bonds is 4. The molecule has 3 heteroatoms. The Labute approximate surface area is 90.4 Å².